The van der Waals surface area contributed by atoms with Gasteiger partial charge in [-0.05, 0) is 64.2 Å². The summed E-state index contributed by atoms with van der Waals surface area (Å²) < 4.78 is 5.11. The fraction of sp³-hybridized carbons (Fsp3) is 0.935. The van der Waals surface area contributed by atoms with Crippen molar-refractivity contribution in [2.45, 2.75) is 450 Å². The van der Waals surface area contributed by atoms with E-state index in [2.05, 4.69) is 38.2 Å². The SMILES string of the molecule is CCCCCCCCCCCCCCCCCC/C=C\CCCCCCCCCC/C=C\CCCCCCCCCCCCCCCCCCCC(O)C(CCCCCCCCCCCCCCCCCCCCCC)C(=O)OC. The lowest BCUT2D eigenvalue weighted by atomic mass is 9.91. The van der Waals surface area contributed by atoms with Crippen LogP contribution < -0.4 is 0 Å². The van der Waals surface area contributed by atoms with Crippen molar-refractivity contribution < 1.29 is 14.6 Å². The van der Waals surface area contributed by atoms with E-state index >= 15 is 0 Å². The van der Waals surface area contributed by atoms with E-state index in [1.165, 1.54) is 405 Å². The van der Waals surface area contributed by atoms with Crippen LogP contribution in [0.15, 0.2) is 24.3 Å². The lowest BCUT2D eigenvalue weighted by Crippen LogP contribution is -2.29. The fourth-order valence-corrected chi connectivity index (χ4v) is 12.6. The van der Waals surface area contributed by atoms with Gasteiger partial charge in [-0.1, -0.05) is 404 Å². The molecule has 0 spiro atoms. The zero-order valence-electron chi connectivity index (χ0n) is 55.6. The van der Waals surface area contributed by atoms with Gasteiger partial charge in [0.05, 0.1) is 19.1 Å². The molecule has 2 atom stereocenters. The minimum atomic E-state index is -0.554. The highest BCUT2D eigenvalue weighted by atomic mass is 16.5. The molecular formula is C77H150O3. The Bertz CT molecular complexity index is 1170. The van der Waals surface area contributed by atoms with E-state index < -0.39 is 6.10 Å². The maximum atomic E-state index is 12.5. The van der Waals surface area contributed by atoms with Gasteiger partial charge in [0.1, 0.15) is 0 Å². The summed E-state index contributed by atoms with van der Waals surface area (Å²) in [5.74, 6) is -0.560. The third-order valence-corrected chi connectivity index (χ3v) is 18.3. The summed E-state index contributed by atoms with van der Waals surface area (Å²) in [6.07, 6.45) is 101. The number of rotatable bonds is 71. The molecule has 0 heterocycles. The molecule has 0 aromatic heterocycles. The summed E-state index contributed by atoms with van der Waals surface area (Å²) in [7, 11) is 1.48. The quantitative estimate of drug-likeness (QED) is 0.0375. The van der Waals surface area contributed by atoms with E-state index in [1.807, 2.05) is 0 Å². The number of allylic oxidation sites excluding steroid dienone is 4. The van der Waals surface area contributed by atoms with Crippen LogP contribution in [0, 0.1) is 5.92 Å². The van der Waals surface area contributed by atoms with Crippen LogP contribution in [0.3, 0.4) is 0 Å². The van der Waals surface area contributed by atoms with Gasteiger partial charge in [0, 0.05) is 0 Å². The molecular weight excluding hydrogens is 973 g/mol. The molecule has 0 aromatic carbocycles. The third-order valence-electron chi connectivity index (χ3n) is 18.3. The normalized spacial score (nSPS) is 12.7. The Labute approximate surface area is 505 Å². The van der Waals surface area contributed by atoms with Crippen LogP contribution in [0.2, 0.25) is 0 Å². The maximum absolute atomic E-state index is 12.5. The van der Waals surface area contributed by atoms with Crippen molar-refractivity contribution in [3.8, 4) is 0 Å². The molecule has 0 fully saturated rings. The Morgan fingerprint density at radius 1 is 0.263 bits per heavy atom. The van der Waals surface area contributed by atoms with Crippen LogP contribution in [0.4, 0.5) is 0 Å². The highest BCUT2D eigenvalue weighted by molar-refractivity contribution is 5.72. The lowest BCUT2D eigenvalue weighted by Gasteiger charge is -2.20. The average molecular weight is 1120 g/mol. The molecule has 0 aliphatic heterocycles. The summed E-state index contributed by atoms with van der Waals surface area (Å²) in [6, 6.07) is 0. The molecule has 0 aliphatic rings. The second-order valence-electron chi connectivity index (χ2n) is 26.2. The largest absolute Gasteiger partial charge is 0.469 e. The minimum Gasteiger partial charge on any atom is -0.469 e. The Kier molecular flexibility index (Phi) is 71.2. The predicted molar refractivity (Wildman–Crippen MR) is 360 cm³/mol. The number of hydrogen-bond donors (Lipinski definition) is 1. The summed E-state index contributed by atoms with van der Waals surface area (Å²) in [6.45, 7) is 4.61. The molecule has 0 amide bonds. The van der Waals surface area contributed by atoms with Crippen LogP contribution >= 0.6 is 0 Å². The van der Waals surface area contributed by atoms with Crippen LogP contribution in [-0.2, 0) is 9.53 Å². The zero-order chi connectivity index (χ0) is 57.6. The monoisotopic (exact) mass is 1120 g/mol. The number of hydrogen-bond acceptors (Lipinski definition) is 3. The first-order chi connectivity index (χ1) is 39.7. The number of aliphatic hydroxyl groups excluding tert-OH is 1. The smallest absolute Gasteiger partial charge is 0.311 e. The Hall–Kier alpha value is -1.09. The zero-order valence-corrected chi connectivity index (χ0v) is 55.6. The number of carbonyl (C=O) groups excluding carboxylic acids is 1. The first-order valence-corrected chi connectivity index (χ1v) is 37.7. The Balaban J connectivity index is 3.39. The number of methoxy groups -OCH3 is 1. The van der Waals surface area contributed by atoms with Crippen LogP contribution in [-0.4, -0.2) is 24.3 Å². The molecule has 0 saturated carbocycles. The number of ether oxygens (including phenoxy) is 1. The number of carbonyl (C=O) groups is 1. The number of aliphatic hydroxyl groups is 1. The lowest BCUT2D eigenvalue weighted by molar-refractivity contribution is -0.150. The van der Waals surface area contributed by atoms with E-state index in [0.29, 0.717) is 0 Å². The summed E-state index contributed by atoms with van der Waals surface area (Å²) in [5, 5.41) is 10.9. The van der Waals surface area contributed by atoms with Gasteiger partial charge in [-0.2, -0.15) is 0 Å². The molecule has 3 nitrogen and oxygen atoms in total. The molecule has 1 N–H and O–H groups in total. The van der Waals surface area contributed by atoms with Gasteiger partial charge in [0.15, 0.2) is 0 Å². The van der Waals surface area contributed by atoms with Crippen molar-refractivity contribution in [2.24, 2.45) is 5.92 Å². The first kappa shape index (κ1) is 78.9. The van der Waals surface area contributed by atoms with Crippen molar-refractivity contribution in [1.29, 1.82) is 0 Å². The number of unbranched alkanes of at least 4 members (excludes halogenated alkanes) is 61. The minimum absolute atomic E-state index is 0.213. The van der Waals surface area contributed by atoms with Crippen molar-refractivity contribution in [2.75, 3.05) is 7.11 Å². The van der Waals surface area contributed by atoms with Gasteiger partial charge in [0.2, 0.25) is 0 Å². The molecule has 476 valence electrons. The summed E-state index contributed by atoms with van der Waals surface area (Å²) in [5.41, 5.74) is 0. The molecule has 0 bridgehead atoms. The summed E-state index contributed by atoms with van der Waals surface area (Å²) in [4.78, 5) is 12.5. The first-order valence-electron chi connectivity index (χ1n) is 37.7. The van der Waals surface area contributed by atoms with Gasteiger partial charge in [-0.25, -0.2) is 0 Å². The van der Waals surface area contributed by atoms with E-state index in [-0.39, 0.29) is 11.9 Å². The van der Waals surface area contributed by atoms with E-state index in [9.17, 15) is 9.90 Å². The highest BCUT2D eigenvalue weighted by Crippen LogP contribution is 2.23. The highest BCUT2D eigenvalue weighted by Gasteiger charge is 2.26. The molecule has 0 aromatic rings. The molecule has 0 saturated heterocycles. The Morgan fingerprint density at radius 2 is 0.425 bits per heavy atom. The van der Waals surface area contributed by atoms with Gasteiger partial charge < -0.3 is 9.84 Å². The maximum Gasteiger partial charge on any atom is 0.311 e. The van der Waals surface area contributed by atoms with Crippen molar-refractivity contribution in [1.82, 2.24) is 0 Å². The van der Waals surface area contributed by atoms with Gasteiger partial charge in [-0.15, -0.1) is 0 Å². The molecule has 2 unspecified atom stereocenters. The van der Waals surface area contributed by atoms with Crippen LogP contribution in [0.5, 0.6) is 0 Å². The Morgan fingerprint density at radius 3 is 0.613 bits per heavy atom. The average Bonchev–Trinajstić information content (AvgIpc) is 3.47. The second kappa shape index (κ2) is 72.2. The fourth-order valence-electron chi connectivity index (χ4n) is 12.6. The van der Waals surface area contributed by atoms with Crippen molar-refractivity contribution in [3.05, 3.63) is 24.3 Å². The van der Waals surface area contributed by atoms with E-state index in [1.54, 1.807) is 0 Å². The molecule has 0 aliphatic carbocycles. The molecule has 80 heavy (non-hydrogen) atoms. The predicted octanol–water partition coefficient (Wildman–Crippen LogP) is 27.4. The second-order valence-corrected chi connectivity index (χ2v) is 26.2. The van der Waals surface area contributed by atoms with Crippen molar-refractivity contribution in [3.63, 3.8) is 0 Å². The van der Waals surface area contributed by atoms with E-state index in [0.717, 1.165) is 32.1 Å². The van der Waals surface area contributed by atoms with Crippen LogP contribution in [0.1, 0.15) is 444 Å². The molecule has 3 heteroatoms. The topological polar surface area (TPSA) is 46.5 Å². The standard InChI is InChI=1S/C77H150O3/c1-4-6-8-10-12-14-16-18-20-22-24-26-27-28-29-30-31-32-33-34-35-36-37-38-39-40-41-42-43-44-45-46-47-48-49-50-51-52-53-54-56-58-60-62-64-66-68-70-72-74-76(78)75(77(79)80-3)73-71-69-67-65-63-61-59-57-55-25-23-21-19-17-15-13-11-9-7-5-2/h32-33,44-45,75-76,78H,4-31,34-43,46-74H2,1-3H3/b33-32-,45-44-. The van der Waals surface area contributed by atoms with Gasteiger partial charge in [-0.3, -0.25) is 4.79 Å². The van der Waals surface area contributed by atoms with Crippen molar-refractivity contribution >= 4 is 5.97 Å². The molecule has 0 radical (unpaired) electrons. The number of esters is 1. The molecule has 0 rings (SSSR count). The van der Waals surface area contributed by atoms with Gasteiger partial charge in [0.25, 0.3) is 0 Å². The van der Waals surface area contributed by atoms with Gasteiger partial charge >= 0.3 is 5.97 Å². The van der Waals surface area contributed by atoms with E-state index in [4.69, 9.17) is 4.74 Å². The summed E-state index contributed by atoms with van der Waals surface area (Å²) >= 11 is 0. The van der Waals surface area contributed by atoms with Crippen LogP contribution in [0.25, 0.3) is 0 Å². The third kappa shape index (κ3) is 66.1.